The van der Waals surface area contributed by atoms with Crippen LogP contribution in [0.2, 0.25) is 0 Å². The lowest BCUT2D eigenvalue weighted by atomic mass is 10.0. The number of nitrogens with one attached hydrogen (secondary N) is 2. The van der Waals surface area contributed by atoms with E-state index in [2.05, 4.69) is 10.6 Å². The van der Waals surface area contributed by atoms with E-state index >= 15 is 0 Å². The number of hydrogen-bond donors (Lipinski definition) is 2. The smallest absolute Gasteiger partial charge is 0.419 e. The minimum absolute atomic E-state index is 0.335. The van der Waals surface area contributed by atoms with Crippen LogP contribution in [0.15, 0.2) is 48.5 Å². The van der Waals surface area contributed by atoms with E-state index in [0.717, 1.165) is 10.8 Å². The average molecular weight is 513 g/mol. The van der Waals surface area contributed by atoms with Crippen LogP contribution in [0.3, 0.4) is 0 Å². The standard InChI is InChI=1S/C27H33FN4O5/c1-17(2)25(26(35)30-20(23(33)16-28)15-24(34)29-13-14-31(3)4)37-27(36)32-21-11-7-5-9-18(21)19-10-6-8-12-22(19)32/h5-12,17,20,25H,13-16H2,1-4H3,(H,29,34)(H,30,35). The Labute approximate surface area is 214 Å². The van der Waals surface area contributed by atoms with Crippen molar-refractivity contribution in [2.45, 2.75) is 32.4 Å². The van der Waals surface area contributed by atoms with Gasteiger partial charge in [0.2, 0.25) is 5.91 Å². The number of amides is 2. The average Bonchev–Trinajstić information content (AvgIpc) is 3.20. The lowest BCUT2D eigenvalue weighted by Crippen LogP contribution is -2.50. The molecule has 0 aliphatic rings. The van der Waals surface area contributed by atoms with E-state index in [1.807, 2.05) is 43.3 Å². The highest BCUT2D eigenvalue weighted by Crippen LogP contribution is 2.29. The molecule has 2 amide bonds. The highest BCUT2D eigenvalue weighted by molar-refractivity contribution is 6.12. The maximum Gasteiger partial charge on any atom is 0.419 e. The van der Waals surface area contributed by atoms with Crippen molar-refractivity contribution in [1.82, 2.24) is 20.1 Å². The van der Waals surface area contributed by atoms with Gasteiger partial charge in [-0.1, -0.05) is 50.2 Å². The number of ether oxygens (including phenoxy) is 1. The number of hydrogen-bond acceptors (Lipinski definition) is 6. The van der Waals surface area contributed by atoms with E-state index in [4.69, 9.17) is 4.74 Å². The fraction of sp³-hybridized carbons (Fsp3) is 0.407. The number of halogens is 1. The second-order valence-corrected chi connectivity index (χ2v) is 9.44. The molecule has 2 atom stereocenters. The molecule has 0 bridgehead atoms. The van der Waals surface area contributed by atoms with Crippen molar-refractivity contribution < 1.29 is 28.3 Å². The predicted molar refractivity (Wildman–Crippen MR) is 139 cm³/mol. The zero-order valence-electron chi connectivity index (χ0n) is 21.5. The summed E-state index contributed by atoms with van der Waals surface area (Å²) in [7, 11) is 3.68. The number of carbonyl (C=O) groups is 4. The number of rotatable bonds is 11. The van der Waals surface area contributed by atoms with Crippen LogP contribution in [0.5, 0.6) is 0 Å². The molecule has 3 rings (SSSR count). The Hall–Kier alpha value is -3.79. The quantitative estimate of drug-likeness (QED) is 0.409. The van der Waals surface area contributed by atoms with Crippen molar-refractivity contribution in [1.29, 1.82) is 0 Å². The molecule has 0 aliphatic heterocycles. The summed E-state index contributed by atoms with van der Waals surface area (Å²) in [4.78, 5) is 52.8. The zero-order valence-corrected chi connectivity index (χ0v) is 21.5. The van der Waals surface area contributed by atoms with E-state index in [9.17, 15) is 23.6 Å². The summed E-state index contributed by atoms with van der Waals surface area (Å²) in [5.41, 5.74) is 1.24. The second kappa shape index (κ2) is 12.4. The van der Waals surface area contributed by atoms with Gasteiger partial charge in [-0.3, -0.25) is 14.4 Å². The van der Waals surface area contributed by atoms with Crippen LogP contribution < -0.4 is 10.6 Å². The van der Waals surface area contributed by atoms with Gasteiger partial charge < -0.3 is 20.3 Å². The number of nitrogens with zero attached hydrogens (tertiary/aromatic N) is 2. The SMILES string of the molecule is CC(C)C(OC(=O)n1c2ccccc2c2ccccc21)C(=O)NC(CC(=O)NCCN(C)C)C(=O)CF. The number of alkyl halides is 1. The number of fused-ring (bicyclic) bond motifs is 3. The van der Waals surface area contributed by atoms with Gasteiger partial charge in [0.25, 0.3) is 5.91 Å². The van der Waals surface area contributed by atoms with Gasteiger partial charge in [0, 0.05) is 23.9 Å². The van der Waals surface area contributed by atoms with E-state index in [-0.39, 0.29) is 0 Å². The lowest BCUT2D eigenvalue weighted by molar-refractivity contribution is -0.136. The van der Waals surface area contributed by atoms with Gasteiger partial charge in [0.05, 0.1) is 23.5 Å². The maximum absolute atomic E-state index is 13.3. The van der Waals surface area contributed by atoms with E-state index < -0.39 is 54.8 Å². The Morgan fingerprint density at radius 3 is 2.05 bits per heavy atom. The van der Waals surface area contributed by atoms with Crippen LogP contribution in [-0.4, -0.2) is 79.2 Å². The Kier molecular flexibility index (Phi) is 9.35. The third kappa shape index (κ3) is 6.71. The molecule has 0 radical (unpaired) electrons. The molecule has 0 saturated carbocycles. The van der Waals surface area contributed by atoms with Gasteiger partial charge in [-0.2, -0.15) is 0 Å². The highest BCUT2D eigenvalue weighted by atomic mass is 19.1. The van der Waals surface area contributed by atoms with Crippen LogP contribution in [0.1, 0.15) is 20.3 Å². The normalized spacial score (nSPS) is 13.1. The fourth-order valence-corrected chi connectivity index (χ4v) is 4.04. The summed E-state index contributed by atoms with van der Waals surface area (Å²) in [6, 6.07) is 13.3. The molecule has 10 heteroatoms. The van der Waals surface area contributed by atoms with Crippen molar-refractivity contribution in [3.63, 3.8) is 0 Å². The van der Waals surface area contributed by atoms with Crippen LogP contribution in [0.4, 0.5) is 9.18 Å². The largest absolute Gasteiger partial charge is 0.435 e. The summed E-state index contributed by atoms with van der Waals surface area (Å²) in [6.45, 7) is 2.94. The van der Waals surface area contributed by atoms with E-state index in [1.165, 1.54) is 4.57 Å². The number of Topliss-reactive ketones (excluding diaryl/α,β-unsaturated/α-hetero) is 1. The molecule has 3 aromatic rings. The minimum atomic E-state index is -1.38. The van der Waals surface area contributed by atoms with Crippen LogP contribution >= 0.6 is 0 Å². The van der Waals surface area contributed by atoms with Gasteiger partial charge >= 0.3 is 6.09 Å². The molecule has 1 aromatic heterocycles. The van der Waals surface area contributed by atoms with Gasteiger partial charge in [-0.15, -0.1) is 0 Å². The number of para-hydroxylation sites is 2. The van der Waals surface area contributed by atoms with Crippen molar-refractivity contribution in [2.24, 2.45) is 5.92 Å². The molecule has 1 heterocycles. The molecule has 0 saturated heterocycles. The van der Waals surface area contributed by atoms with Crippen molar-refractivity contribution in [3.05, 3.63) is 48.5 Å². The molecule has 0 spiro atoms. The minimum Gasteiger partial charge on any atom is -0.435 e. The molecule has 198 valence electrons. The zero-order chi connectivity index (χ0) is 27.1. The van der Waals surface area contributed by atoms with Gasteiger partial charge in [0.15, 0.2) is 11.9 Å². The molecule has 9 nitrogen and oxygen atoms in total. The number of aromatic nitrogens is 1. The lowest BCUT2D eigenvalue weighted by Gasteiger charge is -2.24. The maximum atomic E-state index is 13.3. The van der Waals surface area contributed by atoms with Gasteiger partial charge in [0.1, 0.15) is 6.67 Å². The molecule has 0 aliphatic carbocycles. The first-order valence-corrected chi connectivity index (χ1v) is 12.1. The first kappa shape index (κ1) is 27.8. The second-order valence-electron chi connectivity index (χ2n) is 9.44. The third-order valence-corrected chi connectivity index (χ3v) is 5.96. The Morgan fingerprint density at radius 2 is 1.54 bits per heavy atom. The monoisotopic (exact) mass is 512 g/mol. The fourth-order valence-electron chi connectivity index (χ4n) is 4.04. The Bertz CT molecular complexity index is 1230. The van der Waals surface area contributed by atoms with Gasteiger partial charge in [-0.25, -0.2) is 13.8 Å². The summed E-state index contributed by atoms with van der Waals surface area (Å²) in [5.74, 6) is -2.69. The van der Waals surface area contributed by atoms with Crippen molar-refractivity contribution in [2.75, 3.05) is 33.9 Å². The van der Waals surface area contributed by atoms with E-state index in [0.29, 0.717) is 24.1 Å². The summed E-state index contributed by atoms with van der Waals surface area (Å²) < 4.78 is 20.3. The number of likely N-dealkylation sites (N-methyl/N-ethyl adjacent to an activating group) is 1. The predicted octanol–water partition coefficient (Wildman–Crippen LogP) is 2.90. The summed E-state index contributed by atoms with van der Waals surface area (Å²) >= 11 is 0. The summed E-state index contributed by atoms with van der Waals surface area (Å²) in [5, 5.41) is 6.77. The van der Waals surface area contributed by atoms with Gasteiger partial charge in [-0.05, 0) is 32.1 Å². The molecular formula is C27H33FN4O5. The Balaban J connectivity index is 1.79. The Morgan fingerprint density at radius 1 is 0.973 bits per heavy atom. The number of carbonyl (C=O) groups excluding carboxylic acids is 4. The topological polar surface area (TPSA) is 110 Å². The number of ketones is 1. The van der Waals surface area contributed by atoms with E-state index in [1.54, 1.807) is 38.1 Å². The molecule has 37 heavy (non-hydrogen) atoms. The third-order valence-electron chi connectivity index (χ3n) is 5.96. The first-order valence-electron chi connectivity index (χ1n) is 12.1. The van der Waals surface area contributed by atoms with Crippen LogP contribution in [0, 0.1) is 5.92 Å². The molecule has 2 aromatic carbocycles. The number of benzene rings is 2. The van der Waals surface area contributed by atoms with Crippen molar-refractivity contribution >= 4 is 45.5 Å². The first-order chi connectivity index (χ1) is 17.6. The van der Waals surface area contributed by atoms with Crippen LogP contribution in [-0.2, 0) is 19.1 Å². The summed E-state index contributed by atoms with van der Waals surface area (Å²) in [6.07, 6.45) is -2.46. The van der Waals surface area contributed by atoms with Crippen molar-refractivity contribution in [3.8, 4) is 0 Å². The highest BCUT2D eigenvalue weighted by Gasteiger charge is 2.32. The molecule has 2 N–H and O–H groups in total. The molecule has 0 fully saturated rings. The molecular weight excluding hydrogens is 479 g/mol. The molecule has 2 unspecified atom stereocenters. The van der Waals surface area contributed by atoms with Crippen LogP contribution in [0.25, 0.3) is 21.8 Å².